The van der Waals surface area contributed by atoms with Crippen LogP contribution >= 0.6 is 0 Å². The fraction of sp³-hybridized carbons (Fsp3) is 1.00. The van der Waals surface area contributed by atoms with E-state index in [0.29, 0.717) is 0 Å². The van der Waals surface area contributed by atoms with Crippen LogP contribution < -0.4 is 4.72 Å². The largest absolute Gasteiger partial charge is 0.343 e. The van der Waals surface area contributed by atoms with Gasteiger partial charge in [-0.2, -0.15) is 13.1 Å². The van der Waals surface area contributed by atoms with Crippen LogP contribution in [0.15, 0.2) is 0 Å². The van der Waals surface area contributed by atoms with Gasteiger partial charge in [-0.3, -0.25) is 4.18 Å². The molecule has 3 fully saturated rings. The van der Waals surface area contributed by atoms with Crippen molar-refractivity contribution in [2.75, 3.05) is 20.3 Å². The van der Waals surface area contributed by atoms with E-state index in [2.05, 4.69) is 4.72 Å². The summed E-state index contributed by atoms with van der Waals surface area (Å²) >= 11 is 0. The highest BCUT2D eigenvalue weighted by Gasteiger charge is 2.65. The van der Waals surface area contributed by atoms with Crippen LogP contribution in [0, 0.1) is 0 Å². The van der Waals surface area contributed by atoms with E-state index in [-0.39, 0.29) is 19.3 Å². The Morgan fingerprint density at radius 1 is 1.13 bits per heavy atom. The zero-order valence-corrected chi connectivity index (χ0v) is 14.6. The van der Waals surface area contributed by atoms with Crippen molar-refractivity contribution in [1.29, 1.82) is 0 Å². The van der Waals surface area contributed by atoms with Crippen LogP contribution in [-0.4, -0.2) is 64.4 Å². The van der Waals surface area contributed by atoms with Crippen molar-refractivity contribution in [1.82, 2.24) is 4.72 Å². The van der Waals surface area contributed by atoms with Crippen LogP contribution in [0.25, 0.3) is 0 Å². The first-order valence-electron chi connectivity index (χ1n) is 7.43. The zero-order valence-electron chi connectivity index (χ0n) is 13.8. The molecule has 0 saturated carbocycles. The molecule has 3 aliphatic rings. The van der Waals surface area contributed by atoms with E-state index in [0.717, 1.165) is 0 Å². The third-order valence-electron chi connectivity index (χ3n) is 3.94. The third-order valence-corrected chi connectivity index (χ3v) is 4.87. The molecule has 3 saturated heterocycles. The summed E-state index contributed by atoms with van der Waals surface area (Å²) in [4.78, 5) is 0. The molecule has 0 aromatic rings. The summed E-state index contributed by atoms with van der Waals surface area (Å²) in [7, 11) is -2.62. The average molecular weight is 353 g/mol. The minimum Gasteiger partial charge on any atom is -0.343 e. The number of fused-ring (bicyclic) bond motifs is 3. The molecule has 4 atom stereocenters. The molecule has 0 amide bonds. The van der Waals surface area contributed by atoms with Crippen molar-refractivity contribution in [3.8, 4) is 0 Å². The van der Waals surface area contributed by atoms with Gasteiger partial charge in [0.05, 0.1) is 6.61 Å². The Bertz CT molecular complexity index is 577. The van der Waals surface area contributed by atoms with Crippen LogP contribution in [0.3, 0.4) is 0 Å². The molecule has 3 aliphatic heterocycles. The van der Waals surface area contributed by atoms with Crippen molar-refractivity contribution in [2.45, 2.75) is 63.4 Å². The molecule has 134 valence electrons. The first-order chi connectivity index (χ1) is 10.5. The smallest absolute Gasteiger partial charge is 0.335 e. The normalized spacial score (nSPS) is 41.5. The van der Waals surface area contributed by atoms with Crippen molar-refractivity contribution in [3.05, 3.63) is 0 Å². The average Bonchev–Trinajstić information content (AvgIpc) is 2.88. The molecule has 3 rings (SSSR count). The molecule has 23 heavy (non-hydrogen) atoms. The van der Waals surface area contributed by atoms with Gasteiger partial charge in [0.2, 0.25) is 5.79 Å². The molecule has 3 heterocycles. The second-order valence-electron chi connectivity index (χ2n) is 6.72. The van der Waals surface area contributed by atoms with Gasteiger partial charge in [0.15, 0.2) is 11.6 Å². The topological polar surface area (TPSA) is 102 Å². The van der Waals surface area contributed by atoms with Crippen LogP contribution in [0.5, 0.6) is 0 Å². The molecule has 0 spiro atoms. The Kier molecular flexibility index (Phi) is 4.06. The highest BCUT2D eigenvalue weighted by Crippen LogP contribution is 2.47. The maximum atomic E-state index is 11.6. The Morgan fingerprint density at radius 3 is 2.48 bits per heavy atom. The number of hydrogen-bond acceptors (Lipinski definition) is 8. The minimum atomic E-state index is -3.88. The predicted octanol–water partition coefficient (Wildman–Crippen LogP) is -0.135. The van der Waals surface area contributed by atoms with Gasteiger partial charge in [-0.15, -0.1) is 0 Å². The Morgan fingerprint density at radius 2 is 1.83 bits per heavy atom. The summed E-state index contributed by atoms with van der Waals surface area (Å²) in [6.07, 6.45) is -1.44. The fourth-order valence-electron chi connectivity index (χ4n) is 3.17. The van der Waals surface area contributed by atoms with Gasteiger partial charge in [-0.1, -0.05) is 0 Å². The van der Waals surface area contributed by atoms with Gasteiger partial charge >= 0.3 is 10.3 Å². The zero-order chi connectivity index (χ0) is 17.1. The molecule has 0 aromatic carbocycles. The quantitative estimate of drug-likeness (QED) is 0.745. The lowest BCUT2D eigenvalue weighted by atomic mass is 9.98. The lowest BCUT2D eigenvalue weighted by molar-refractivity contribution is -0.290. The maximum absolute atomic E-state index is 11.6. The predicted molar refractivity (Wildman–Crippen MR) is 76.5 cm³/mol. The van der Waals surface area contributed by atoms with Crippen LogP contribution in [0.1, 0.15) is 27.7 Å². The van der Waals surface area contributed by atoms with E-state index in [1.165, 1.54) is 7.05 Å². The molecule has 0 bridgehead atoms. The highest BCUT2D eigenvalue weighted by molar-refractivity contribution is 7.84. The van der Waals surface area contributed by atoms with Gasteiger partial charge in [0.1, 0.15) is 24.9 Å². The fourth-order valence-corrected chi connectivity index (χ4v) is 3.60. The second-order valence-corrected chi connectivity index (χ2v) is 8.27. The van der Waals surface area contributed by atoms with E-state index in [9.17, 15) is 8.42 Å². The van der Waals surface area contributed by atoms with E-state index >= 15 is 0 Å². The first kappa shape index (κ1) is 17.5. The van der Waals surface area contributed by atoms with Gasteiger partial charge in [-0.25, -0.2) is 0 Å². The third kappa shape index (κ3) is 3.27. The number of rotatable bonds is 4. The van der Waals surface area contributed by atoms with Crippen molar-refractivity contribution >= 4 is 10.3 Å². The maximum Gasteiger partial charge on any atom is 0.335 e. The van der Waals surface area contributed by atoms with Gasteiger partial charge in [0, 0.05) is 7.05 Å². The molecule has 9 nitrogen and oxygen atoms in total. The summed E-state index contributed by atoms with van der Waals surface area (Å²) < 4.78 is 59.5. The summed E-state index contributed by atoms with van der Waals surface area (Å²) in [6, 6.07) is 0. The monoisotopic (exact) mass is 353 g/mol. The molecular weight excluding hydrogens is 330 g/mol. The Labute approximate surface area is 135 Å². The van der Waals surface area contributed by atoms with Gasteiger partial charge < -0.3 is 23.7 Å². The number of hydrogen-bond donors (Lipinski definition) is 1. The highest BCUT2D eigenvalue weighted by atomic mass is 32.2. The van der Waals surface area contributed by atoms with Crippen molar-refractivity contribution in [3.63, 3.8) is 0 Å². The molecular formula is C13H23NO8S. The van der Waals surface area contributed by atoms with E-state index in [4.69, 9.17) is 27.9 Å². The second kappa shape index (κ2) is 5.33. The van der Waals surface area contributed by atoms with E-state index < -0.39 is 39.9 Å². The Balaban J connectivity index is 1.85. The van der Waals surface area contributed by atoms with E-state index in [1.807, 2.05) is 0 Å². The summed E-state index contributed by atoms with van der Waals surface area (Å²) in [6.45, 7) is 6.88. The Hall–Kier alpha value is -0.330. The van der Waals surface area contributed by atoms with Crippen molar-refractivity contribution in [2.24, 2.45) is 0 Å². The summed E-state index contributed by atoms with van der Waals surface area (Å²) in [5.74, 6) is -3.12. The molecule has 0 unspecified atom stereocenters. The van der Waals surface area contributed by atoms with E-state index in [1.54, 1.807) is 27.7 Å². The SMILES string of the molecule is CNS(=O)(=O)OC[C@@]12OC[C@H]3OC(C)(C)O[C@H]3[C@@H]1OC(C)(C)O2. The van der Waals surface area contributed by atoms with Gasteiger partial charge in [-0.05, 0) is 27.7 Å². The molecule has 0 radical (unpaired) electrons. The standard InChI is InChI=1S/C13H23NO8S/c1-11(2)19-8-6-17-13(7-18-23(15,16)14-5)10(9(8)20-11)21-12(3,4)22-13/h8-10,14H,6-7H2,1-5H3/t8-,9-,10+,13+/m1/s1. The summed E-state index contributed by atoms with van der Waals surface area (Å²) in [5, 5.41) is 0. The van der Waals surface area contributed by atoms with Gasteiger partial charge in [0.25, 0.3) is 0 Å². The molecule has 0 aliphatic carbocycles. The minimum absolute atomic E-state index is 0.187. The van der Waals surface area contributed by atoms with Crippen LogP contribution in [0.2, 0.25) is 0 Å². The first-order valence-corrected chi connectivity index (χ1v) is 8.84. The van der Waals surface area contributed by atoms with Crippen molar-refractivity contribution < 1.29 is 36.3 Å². The van der Waals surface area contributed by atoms with Crippen LogP contribution in [0.4, 0.5) is 0 Å². The molecule has 0 aromatic heterocycles. The number of ether oxygens (including phenoxy) is 5. The molecule has 1 N–H and O–H groups in total. The lowest BCUT2D eigenvalue weighted by Gasteiger charge is -2.40. The van der Waals surface area contributed by atoms with Crippen LogP contribution in [-0.2, 0) is 38.2 Å². The molecule has 10 heteroatoms. The number of nitrogens with one attached hydrogen (secondary N) is 1. The lowest BCUT2D eigenvalue weighted by Crippen LogP contribution is -2.60. The summed E-state index contributed by atoms with van der Waals surface area (Å²) in [5.41, 5.74) is 0.